The summed E-state index contributed by atoms with van der Waals surface area (Å²) in [6, 6.07) is 3.17. The highest BCUT2D eigenvalue weighted by Crippen LogP contribution is 2.28. The van der Waals surface area contributed by atoms with E-state index < -0.39 is 0 Å². The number of carbonyl (C=O) groups excluding carboxylic acids is 2. The van der Waals surface area contributed by atoms with Crippen molar-refractivity contribution in [1.82, 2.24) is 10.3 Å². The third kappa shape index (κ3) is 5.52. The van der Waals surface area contributed by atoms with Crippen LogP contribution in [0.15, 0.2) is 12.1 Å². The van der Waals surface area contributed by atoms with Crippen molar-refractivity contribution in [3.05, 3.63) is 28.0 Å². The number of aromatic nitrogens is 1. The van der Waals surface area contributed by atoms with Crippen LogP contribution in [0.1, 0.15) is 31.4 Å². The molecule has 0 spiro atoms. The lowest BCUT2D eigenvalue weighted by molar-refractivity contribution is -0.145. The summed E-state index contributed by atoms with van der Waals surface area (Å²) in [5, 5.41) is 3.50. The molecule has 2 rings (SSSR count). The molecule has 21 heavy (non-hydrogen) atoms. The largest absolute Gasteiger partial charge is 0.459 e. The predicted octanol–water partition coefficient (Wildman–Crippen LogP) is 2.74. The van der Waals surface area contributed by atoms with Crippen molar-refractivity contribution >= 4 is 35.1 Å². The molecule has 1 fully saturated rings. The Morgan fingerprint density at radius 3 is 2.81 bits per heavy atom. The first-order valence-corrected chi connectivity index (χ1v) is 7.56. The van der Waals surface area contributed by atoms with E-state index in [2.05, 4.69) is 10.3 Å². The third-order valence-electron chi connectivity index (χ3n) is 3.06. The molecule has 1 aromatic rings. The Morgan fingerprint density at radius 2 is 2.10 bits per heavy atom. The molecule has 1 saturated carbocycles. The fourth-order valence-electron chi connectivity index (χ4n) is 1.71. The van der Waals surface area contributed by atoms with Gasteiger partial charge in [0.1, 0.15) is 11.8 Å². The van der Waals surface area contributed by atoms with E-state index in [9.17, 15) is 9.59 Å². The second-order valence-corrected chi connectivity index (χ2v) is 5.69. The summed E-state index contributed by atoms with van der Waals surface area (Å²) in [7, 11) is 0. The summed E-state index contributed by atoms with van der Waals surface area (Å²) in [4.78, 5) is 26.9. The molecule has 1 aliphatic carbocycles. The number of ether oxygens (including phenoxy) is 1. The zero-order chi connectivity index (χ0) is 15.2. The molecular formula is C14H16Cl2N2O3. The first-order valence-electron chi connectivity index (χ1n) is 6.80. The van der Waals surface area contributed by atoms with Crippen molar-refractivity contribution in [2.45, 2.75) is 32.3 Å². The number of halogens is 2. The summed E-state index contributed by atoms with van der Waals surface area (Å²) in [5.41, 5.74) is 0.430. The summed E-state index contributed by atoms with van der Waals surface area (Å²) in [6.45, 7) is 0.479. The van der Waals surface area contributed by atoms with E-state index in [1.807, 2.05) is 0 Å². The van der Waals surface area contributed by atoms with Gasteiger partial charge in [-0.05, 0) is 31.4 Å². The lowest BCUT2D eigenvalue weighted by Gasteiger charge is -2.07. The van der Waals surface area contributed by atoms with Crippen molar-refractivity contribution in [3.8, 4) is 0 Å². The quantitative estimate of drug-likeness (QED) is 0.474. The van der Waals surface area contributed by atoms with Crippen LogP contribution in [0.4, 0.5) is 0 Å². The van der Waals surface area contributed by atoms with Crippen LogP contribution in [0.25, 0.3) is 0 Å². The van der Waals surface area contributed by atoms with Crippen molar-refractivity contribution in [3.63, 3.8) is 0 Å². The zero-order valence-corrected chi connectivity index (χ0v) is 12.9. The second-order valence-electron chi connectivity index (χ2n) is 4.89. The fraction of sp³-hybridized carbons (Fsp3) is 0.500. The Bertz CT molecular complexity index is 533. The van der Waals surface area contributed by atoms with Gasteiger partial charge >= 0.3 is 5.97 Å². The molecule has 1 heterocycles. The highest BCUT2D eigenvalue weighted by Gasteiger charge is 2.28. The van der Waals surface area contributed by atoms with Gasteiger partial charge in [-0.15, -0.1) is 0 Å². The van der Waals surface area contributed by atoms with Crippen molar-refractivity contribution in [2.75, 3.05) is 6.54 Å². The van der Waals surface area contributed by atoms with Crippen molar-refractivity contribution in [1.29, 1.82) is 0 Å². The van der Waals surface area contributed by atoms with Gasteiger partial charge in [-0.3, -0.25) is 9.59 Å². The monoisotopic (exact) mass is 330 g/mol. The number of amides is 1. The van der Waals surface area contributed by atoms with Crippen LogP contribution in [-0.2, 0) is 20.9 Å². The molecule has 1 aromatic heterocycles. The van der Waals surface area contributed by atoms with Gasteiger partial charge < -0.3 is 10.1 Å². The Balaban J connectivity index is 1.62. The number of nitrogens with zero attached hydrogens (tertiary/aromatic N) is 1. The van der Waals surface area contributed by atoms with Gasteiger partial charge in [0.15, 0.2) is 0 Å². The molecule has 1 aliphatic rings. The minimum atomic E-state index is -0.353. The van der Waals surface area contributed by atoms with E-state index in [-0.39, 0.29) is 30.8 Å². The van der Waals surface area contributed by atoms with Crippen LogP contribution in [0.2, 0.25) is 10.2 Å². The molecule has 1 N–H and O–H groups in total. The van der Waals surface area contributed by atoms with E-state index >= 15 is 0 Å². The minimum absolute atomic E-state index is 0.00728. The molecule has 1 amide bonds. The number of nitrogens with one attached hydrogen (secondary N) is 1. The highest BCUT2D eigenvalue weighted by molar-refractivity contribution is 6.32. The summed E-state index contributed by atoms with van der Waals surface area (Å²) in [5.74, 6) is -0.0835. The van der Waals surface area contributed by atoms with Crippen molar-refractivity contribution in [2.24, 2.45) is 5.92 Å². The number of esters is 1. The van der Waals surface area contributed by atoms with E-state index in [0.717, 1.165) is 12.8 Å². The van der Waals surface area contributed by atoms with Crippen LogP contribution < -0.4 is 5.32 Å². The average molecular weight is 331 g/mol. The van der Waals surface area contributed by atoms with Gasteiger partial charge in [-0.1, -0.05) is 23.2 Å². The number of hydrogen-bond donors (Lipinski definition) is 1. The predicted molar refractivity (Wildman–Crippen MR) is 79.0 cm³/mol. The third-order valence-corrected chi connectivity index (χ3v) is 3.61. The maximum atomic E-state index is 11.6. The van der Waals surface area contributed by atoms with Crippen LogP contribution in [0.3, 0.4) is 0 Å². The Morgan fingerprint density at radius 1 is 1.33 bits per heavy atom. The van der Waals surface area contributed by atoms with Crippen LogP contribution in [-0.4, -0.2) is 23.4 Å². The normalized spacial score (nSPS) is 13.8. The maximum Gasteiger partial charge on any atom is 0.306 e. The van der Waals surface area contributed by atoms with Gasteiger partial charge in [-0.25, -0.2) is 4.98 Å². The minimum Gasteiger partial charge on any atom is -0.459 e. The smallest absolute Gasteiger partial charge is 0.306 e. The van der Waals surface area contributed by atoms with E-state index in [1.54, 1.807) is 12.1 Å². The van der Waals surface area contributed by atoms with Crippen LogP contribution >= 0.6 is 23.2 Å². The topological polar surface area (TPSA) is 68.3 Å². The summed E-state index contributed by atoms with van der Waals surface area (Å²) in [6.07, 6.45) is 2.74. The molecule has 0 radical (unpaired) electrons. The second kappa shape index (κ2) is 7.61. The SMILES string of the molecule is O=C(CCCNC(=O)C1CC1)OCc1nc(Cl)ccc1Cl. The fourth-order valence-corrected chi connectivity index (χ4v) is 2.04. The number of rotatable bonds is 7. The summed E-state index contributed by atoms with van der Waals surface area (Å²) < 4.78 is 5.07. The first-order chi connectivity index (χ1) is 10.1. The highest BCUT2D eigenvalue weighted by atomic mass is 35.5. The van der Waals surface area contributed by atoms with Crippen LogP contribution in [0, 0.1) is 5.92 Å². The van der Waals surface area contributed by atoms with Gasteiger partial charge in [0, 0.05) is 18.9 Å². The molecule has 0 unspecified atom stereocenters. The number of carbonyl (C=O) groups is 2. The van der Waals surface area contributed by atoms with Gasteiger partial charge in [-0.2, -0.15) is 0 Å². The van der Waals surface area contributed by atoms with E-state index in [1.165, 1.54) is 0 Å². The molecule has 0 bridgehead atoms. The van der Waals surface area contributed by atoms with Gasteiger partial charge in [0.25, 0.3) is 0 Å². The first kappa shape index (κ1) is 16.0. The molecule has 0 saturated heterocycles. The lowest BCUT2D eigenvalue weighted by atomic mass is 10.3. The van der Waals surface area contributed by atoms with Gasteiger partial charge in [0.2, 0.25) is 5.91 Å². The molecule has 0 aromatic carbocycles. The standard InChI is InChI=1S/C14H16Cl2N2O3/c15-10-5-6-12(16)18-11(10)8-21-13(19)2-1-7-17-14(20)9-3-4-9/h5-6,9H,1-4,7-8H2,(H,17,20). The zero-order valence-electron chi connectivity index (χ0n) is 11.4. The van der Waals surface area contributed by atoms with E-state index in [0.29, 0.717) is 28.8 Å². The number of pyridine rings is 1. The molecule has 7 heteroatoms. The van der Waals surface area contributed by atoms with Crippen molar-refractivity contribution < 1.29 is 14.3 Å². The Hall–Kier alpha value is -1.33. The summed E-state index contributed by atoms with van der Waals surface area (Å²) >= 11 is 11.7. The molecule has 0 aliphatic heterocycles. The molecule has 0 atom stereocenters. The number of hydrogen-bond acceptors (Lipinski definition) is 4. The lowest BCUT2D eigenvalue weighted by Crippen LogP contribution is -2.26. The molecular weight excluding hydrogens is 315 g/mol. The Labute approximate surface area is 133 Å². The Kier molecular flexibility index (Phi) is 5.82. The molecule has 5 nitrogen and oxygen atoms in total. The average Bonchev–Trinajstić information content (AvgIpc) is 3.29. The maximum absolute atomic E-state index is 11.6. The van der Waals surface area contributed by atoms with Crippen LogP contribution in [0.5, 0.6) is 0 Å². The van der Waals surface area contributed by atoms with E-state index in [4.69, 9.17) is 27.9 Å². The molecule has 114 valence electrons. The van der Waals surface area contributed by atoms with Gasteiger partial charge in [0.05, 0.1) is 10.7 Å².